The van der Waals surface area contributed by atoms with Gasteiger partial charge in [-0.05, 0) is 17.5 Å². The molecule has 0 saturated heterocycles. The Morgan fingerprint density at radius 3 is 2.35 bits per heavy atom. The molecule has 0 aliphatic rings. The Morgan fingerprint density at radius 2 is 1.82 bits per heavy atom. The predicted molar refractivity (Wildman–Crippen MR) is 80.2 cm³/mol. The van der Waals surface area contributed by atoms with E-state index >= 15 is 0 Å². The molecule has 1 nitrogen and oxygen atoms in total. The van der Waals surface area contributed by atoms with Gasteiger partial charge in [-0.2, -0.15) is 12.6 Å². The predicted octanol–water partition coefficient (Wildman–Crippen LogP) is 3.44. The van der Waals surface area contributed by atoms with Crippen molar-refractivity contribution in [2.75, 3.05) is 18.8 Å². The quantitative estimate of drug-likeness (QED) is 0.559. The fraction of sp³-hybridized carbons (Fsp3) is 0.600. The molecule has 0 saturated carbocycles. The molecule has 17 heavy (non-hydrogen) atoms. The van der Waals surface area contributed by atoms with Crippen LogP contribution in [0, 0.1) is 0 Å². The van der Waals surface area contributed by atoms with Crippen LogP contribution in [0.4, 0.5) is 0 Å². The molecule has 1 rings (SSSR count). The van der Waals surface area contributed by atoms with Crippen LogP contribution < -0.4 is 5.32 Å². The lowest BCUT2D eigenvalue weighted by molar-refractivity contribution is 0.478. The maximum atomic E-state index is 4.21. The van der Waals surface area contributed by atoms with E-state index in [-0.39, 0.29) is 5.41 Å². The van der Waals surface area contributed by atoms with Gasteiger partial charge in [0.05, 0.1) is 0 Å². The third kappa shape index (κ3) is 4.72. The summed E-state index contributed by atoms with van der Waals surface area (Å²) < 4.78 is 0. The zero-order chi connectivity index (χ0) is 12.7. The Kier molecular flexibility index (Phi) is 6.07. The maximum absolute atomic E-state index is 4.21. The van der Waals surface area contributed by atoms with E-state index in [4.69, 9.17) is 0 Å². The number of rotatable bonds is 7. The van der Waals surface area contributed by atoms with Crippen LogP contribution in [0.15, 0.2) is 24.3 Å². The number of hydrogen-bond donors (Lipinski definition) is 2. The summed E-state index contributed by atoms with van der Waals surface area (Å²) in [5, 5.41) is 3.44. The Bertz CT molecular complexity index is 316. The summed E-state index contributed by atoms with van der Waals surface area (Å²) >= 11 is 4.21. The van der Waals surface area contributed by atoms with Gasteiger partial charge in [0.25, 0.3) is 0 Å². The molecule has 1 aromatic rings. The first kappa shape index (κ1) is 14.6. The Morgan fingerprint density at radius 1 is 1.18 bits per heavy atom. The number of nitrogens with one attached hydrogen (secondary N) is 1. The normalized spacial score (nSPS) is 11.8. The van der Waals surface area contributed by atoms with Crippen molar-refractivity contribution in [1.82, 2.24) is 5.32 Å². The third-order valence-electron chi connectivity index (χ3n) is 3.13. The molecule has 0 heterocycles. The van der Waals surface area contributed by atoms with Gasteiger partial charge in [0.2, 0.25) is 0 Å². The molecule has 1 aromatic carbocycles. The van der Waals surface area contributed by atoms with Crippen LogP contribution in [0.2, 0.25) is 0 Å². The highest BCUT2D eigenvalue weighted by Crippen LogP contribution is 2.22. The molecule has 0 amide bonds. The summed E-state index contributed by atoms with van der Waals surface area (Å²) in [5.41, 5.74) is 3.03. The van der Waals surface area contributed by atoms with Crippen molar-refractivity contribution in [1.29, 1.82) is 0 Å². The van der Waals surface area contributed by atoms with Crippen molar-refractivity contribution >= 4 is 12.6 Å². The second kappa shape index (κ2) is 7.07. The summed E-state index contributed by atoms with van der Waals surface area (Å²) in [6.07, 6.45) is 2.39. The van der Waals surface area contributed by atoms with Crippen molar-refractivity contribution in [2.24, 2.45) is 0 Å². The average molecular weight is 251 g/mol. The average Bonchev–Trinajstić information content (AvgIpc) is 2.30. The van der Waals surface area contributed by atoms with Crippen LogP contribution in [0.5, 0.6) is 0 Å². The lowest BCUT2D eigenvalue weighted by Crippen LogP contribution is -2.33. The largest absolute Gasteiger partial charge is 0.315 e. The van der Waals surface area contributed by atoms with Gasteiger partial charge in [0.1, 0.15) is 0 Å². The molecule has 0 aromatic heterocycles. The molecule has 96 valence electrons. The number of thiol groups is 1. The van der Waals surface area contributed by atoms with E-state index in [1.807, 2.05) is 0 Å². The molecule has 0 radical (unpaired) electrons. The topological polar surface area (TPSA) is 12.0 Å². The van der Waals surface area contributed by atoms with Crippen LogP contribution >= 0.6 is 12.6 Å². The van der Waals surface area contributed by atoms with Crippen LogP contribution in [0.3, 0.4) is 0 Å². The van der Waals surface area contributed by atoms with Crippen molar-refractivity contribution < 1.29 is 0 Å². The molecule has 0 fully saturated rings. The maximum Gasteiger partial charge on any atom is 0.00435 e. The monoisotopic (exact) mass is 251 g/mol. The Hall–Kier alpha value is -0.470. The number of hydrogen-bond acceptors (Lipinski definition) is 2. The summed E-state index contributed by atoms with van der Waals surface area (Å²) in [6, 6.07) is 9.07. The molecular formula is C15H25NS. The Labute approximate surface area is 111 Å². The molecule has 0 unspecified atom stereocenters. The van der Waals surface area contributed by atoms with Crippen LogP contribution in [0.1, 0.15) is 38.3 Å². The molecule has 1 N–H and O–H groups in total. The van der Waals surface area contributed by atoms with Gasteiger partial charge in [0, 0.05) is 24.3 Å². The van der Waals surface area contributed by atoms with E-state index in [1.165, 1.54) is 24.0 Å². The summed E-state index contributed by atoms with van der Waals surface area (Å²) in [4.78, 5) is 0. The van der Waals surface area contributed by atoms with E-state index in [9.17, 15) is 0 Å². The fourth-order valence-electron chi connectivity index (χ4n) is 1.99. The SMILES string of the molecule is CCCc1ccc(C(C)(C)CNCCS)cc1. The van der Waals surface area contributed by atoms with Gasteiger partial charge < -0.3 is 5.32 Å². The van der Waals surface area contributed by atoms with Crippen molar-refractivity contribution in [3.8, 4) is 0 Å². The number of benzene rings is 1. The molecular weight excluding hydrogens is 226 g/mol. The number of aryl methyl sites for hydroxylation is 1. The van der Waals surface area contributed by atoms with Gasteiger partial charge in [-0.3, -0.25) is 0 Å². The van der Waals surface area contributed by atoms with Crippen LogP contribution in [0.25, 0.3) is 0 Å². The first-order valence-electron chi connectivity index (χ1n) is 6.51. The lowest BCUT2D eigenvalue weighted by Gasteiger charge is -2.26. The summed E-state index contributed by atoms with van der Waals surface area (Å²) in [5.74, 6) is 0.894. The van der Waals surface area contributed by atoms with Gasteiger partial charge in [0.15, 0.2) is 0 Å². The highest BCUT2D eigenvalue weighted by atomic mass is 32.1. The molecule has 0 bridgehead atoms. The Balaban J connectivity index is 2.63. The van der Waals surface area contributed by atoms with Gasteiger partial charge in [-0.25, -0.2) is 0 Å². The first-order valence-corrected chi connectivity index (χ1v) is 7.14. The summed E-state index contributed by atoms with van der Waals surface area (Å²) in [6.45, 7) is 8.76. The van der Waals surface area contributed by atoms with E-state index in [0.29, 0.717) is 0 Å². The summed E-state index contributed by atoms with van der Waals surface area (Å²) in [7, 11) is 0. The minimum absolute atomic E-state index is 0.188. The van der Waals surface area contributed by atoms with Crippen molar-refractivity contribution in [3.05, 3.63) is 35.4 Å². The van der Waals surface area contributed by atoms with Gasteiger partial charge >= 0.3 is 0 Å². The second-order valence-corrected chi connectivity index (χ2v) is 5.68. The van der Waals surface area contributed by atoms with Gasteiger partial charge in [-0.15, -0.1) is 0 Å². The molecule has 0 spiro atoms. The highest BCUT2D eigenvalue weighted by Gasteiger charge is 2.19. The van der Waals surface area contributed by atoms with E-state index in [0.717, 1.165) is 18.8 Å². The minimum atomic E-state index is 0.188. The minimum Gasteiger partial charge on any atom is -0.315 e. The molecule has 0 aliphatic heterocycles. The van der Waals surface area contributed by atoms with Crippen LogP contribution in [-0.2, 0) is 11.8 Å². The zero-order valence-electron chi connectivity index (χ0n) is 11.3. The zero-order valence-corrected chi connectivity index (χ0v) is 12.2. The molecule has 0 atom stereocenters. The highest BCUT2D eigenvalue weighted by molar-refractivity contribution is 7.80. The van der Waals surface area contributed by atoms with Gasteiger partial charge in [-0.1, -0.05) is 51.5 Å². The first-order chi connectivity index (χ1) is 8.10. The van der Waals surface area contributed by atoms with Crippen molar-refractivity contribution in [3.63, 3.8) is 0 Å². The van der Waals surface area contributed by atoms with E-state index < -0.39 is 0 Å². The fourth-order valence-corrected chi connectivity index (χ4v) is 2.15. The van der Waals surface area contributed by atoms with E-state index in [1.54, 1.807) is 0 Å². The van der Waals surface area contributed by atoms with Crippen molar-refractivity contribution in [2.45, 2.75) is 39.0 Å². The second-order valence-electron chi connectivity index (χ2n) is 5.23. The van der Waals surface area contributed by atoms with Crippen LogP contribution in [-0.4, -0.2) is 18.8 Å². The van der Waals surface area contributed by atoms with E-state index in [2.05, 4.69) is 63.0 Å². The smallest absolute Gasteiger partial charge is 0.00435 e. The molecule has 2 heteroatoms. The third-order valence-corrected chi connectivity index (χ3v) is 3.35. The standard InChI is InChI=1S/C15H25NS/c1-4-5-13-6-8-14(9-7-13)15(2,3)12-16-10-11-17/h6-9,16-17H,4-5,10-12H2,1-3H3. The lowest BCUT2D eigenvalue weighted by atomic mass is 9.84. The molecule has 0 aliphatic carbocycles.